The van der Waals surface area contributed by atoms with Gasteiger partial charge in [0, 0.05) is 0 Å². The third kappa shape index (κ3) is 8.02. The predicted molar refractivity (Wildman–Crippen MR) is 212 cm³/mol. The number of methoxy groups -OCH3 is 4. The molecule has 10 nitrogen and oxygen atoms in total. The van der Waals surface area contributed by atoms with E-state index in [0.29, 0.717) is 70.9 Å². The van der Waals surface area contributed by atoms with Gasteiger partial charge in [-0.2, -0.15) is 0 Å². The maximum absolute atomic E-state index is 14.9. The summed E-state index contributed by atoms with van der Waals surface area (Å²) in [7, 11) is 6.30. The van der Waals surface area contributed by atoms with Crippen molar-refractivity contribution in [3.8, 4) is 23.0 Å². The van der Waals surface area contributed by atoms with Crippen molar-refractivity contribution >= 4 is 11.8 Å². The number of rotatable bonds is 16. The summed E-state index contributed by atoms with van der Waals surface area (Å²) in [5.74, 6) is 0.987. The van der Waals surface area contributed by atoms with E-state index in [1.807, 2.05) is 27.7 Å². The highest BCUT2D eigenvalue weighted by atomic mass is 16.5. The molecule has 4 aromatic rings. The minimum Gasteiger partial charge on any atom is -0.497 e. The Bertz CT molecular complexity index is 1640. The third-order valence-corrected chi connectivity index (χ3v) is 11.3. The van der Waals surface area contributed by atoms with Crippen molar-refractivity contribution in [1.82, 2.24) is 10.6 Å². The van der Waals surface area contributed by atoms with E-state index in [4.69, 9.17) is 18.9 Å². The lowest BCUT2D eigenvalue weighted by Gasteiger charge is -2.43. The molecular weight excluding hydrogens is 697 g/mol. The summed E-state index contributed by atoms with van der Waals surface area (Å²) in [5.41, 5.74) is -2.68. The van der Waals surface area contributed by atoms with Gasteiger partial charge in [0.2, 0.25) is 11.8 Å². The average molecular weight is 753 g/mol. The van der Waals surface area contributed by atoms with E-state index >= 15 is 0 Å². The first kappa shape index (κ1) is 41.1. The largest absolute Gasteiger partial charge is 0.497 e. The molecule has 1 aliphatic rings. The first-order valence-electron chi connectivity index (χ1n) is 18.9. The van der Waals surface area contributed by atoms with Crippen molar-refractivity contribution in [2.24, 2.45) is 17.3 Å². The zero-order chi connectivity index (χ0) is 40.0. The Morgan fingerprint density at radius 3 is 0.945 bits per heavy atom. The molecule has 4 aromatic carbocycles. The van der Waals surface area contributed by atoms with Crippen LogP contribution in [0.2, 0.25) is 0 Å². The molecule has 4 N–H and O–H groups in total. The van der Waals surface area contributed by atoms with Gasteiger partial charge in [0.15, 0.2) is 0 Å². The number of nitrogens with one attached hydrogen (secondary N) is 2. The van der Waals surface area contributed by atoms with E-state index in [1.165, 1.54) is 0 Å². The van der Waals surface area contributed by atoms with Gasteiger partial charge >= 0.3 is 0 Å². The van der Waals surface area contributed by atoms with Crippen molar-refractivity contribution in [1.29, 1.82) is 0 Å². The quantitative estimate of drug-likeness (QED) is 0.0926. The fraction of sp³-hybridized carbons (Fsp3) is 0.422. The maximum Gasteiger partial charge on any atom is 0.236 e. The summed E-state index contributed by atoms with van der Waals surface area (Å²) in [6.45, 7) is 7.73. The van der Waals surface area contributed by atoms with Gasteiger partial charge in [0.25, 0.3) is 0 Å². The number of aliphatic hydroxyl groups is 2. The Morgan fingerprint density at radius 2 is 0.745 bits per heavy atom. The van der Waals surface area contributed by atoms with E-state index in [2.05, 4.69) is 10.6 Å². The van der Waals surface area contributed by atoms with Crippen LogP contribution in [0.5, 0.6) is 23.0 Å². The SMILES string of the molecule is COc1ccc(C(O)(c2ccc(OC)cc2)[C@H](NC(=O)C2(C(=O)N[C@H](C(C)C)C(O)(c3ccc(OC)cc3)c3ccc(OC)cc3)CCCC2)C(C)C)cc1. The Hall–Kier alpha value is -5.06. The molecule has 0 bridgehead atoms. The van der Waals surface area contributed by atoms with Gasteiger partial charge in [-0.25, -0.2) is 0 Å². The topological polar surface area (TPSA) is 136 Å². The van der Waals surface area contributed by atoms with Gasteiger partial charge < -0.3 is 39.8 Å². The summed E-state index contributed by atoms with van der Waals surface area (Å²) in [5, 5.41) is 32.3. The molecule has 5 rings (SSSR count). The van der Waals surface area contributed by atoms with Crippen LogP contribution in [-0.2, 0) is 20.8 Å². The van der Waals surface area contributed by atoms with Gasteiger partial charge in [-0.3, -0.25) is 9.59 Å². The van der Waals surface area contributed by atoms with E-state index in [1.54, 1.807) is 126 Å². The van der Waals surface area contributed by atoms with E-state index in [0.717, 1.165) is 0 Å². The number of amides is 2. The maximum atomic E-state index is 14.9. The molecule has 1 aliphatic carbocycles. The van der Waals surface area contributed by atoms with E-state index < -0.39 is 40.5 Å². The summed E-state index contributed by atoms with van der Waals surface area (Å²) in [4.78, 5) is 29.8. The zero-order valence-electron chi connectivity index (χ0n) is 33.2. The summed E-state index contributed by atoms with van der Waals surface area (Å²) < 4.78 is 21.6. The number of carbonyl (C=O) groups excluding carboxylic acids is 2. The summed E-state index contributed by atoms with van der Waals surface area (Å²) in [6.07, 6.45) is 1.96. The Kier molecular flexibility index (Phi) is 12.8. The lowest BCUT2D eigenvalue weighted by Crippen LogP contribution is -2.62. The number of hydrogen-bond acceptors (Lipinski definition) is 8. The van der Waals surface area contributed by atoms with Crippen LogP contribution in [0.15, 0.2) is 97.1 Å². The summed E-state index contributed by atoms with van der Waals surface area (Å²) in [6, 6.07) is 26.8. The van der Waals surface area contributed by atoms with Gasteiger partial charge in [-0.1, -0.05) is 89.1 Å². The van der Waals surface area contributed by atoms with Crippen molar-refractivity contribution < 1.29 is 38.7 Å². The summed E-state index contributed by atoms with van der Waals surface area (Å²) >= 11 is 0. The first-order chi connectivity index (χ1) is 26.3. The molecule has 1 saturated carbocycles. The zero-order valence-corrected chi connectivity index (χ0v) is 33.2. The molecule has 0 saturated heterocycles. The molecule has 0 aliphatic heterocycles. The second-order valence-electron chi connectivity index (χ2n) is 15.1. The fourth-order valence-electron chi connectivity index (χ4n) is 8.03. The van der Waals surface area contributed by atoms with Crippen LogP contribution in [0, 0.1) is 17.3 Å². The molecule has 2 amide bonds. The van der Waals surface area contributed by atoms with Crippen LogP contribution in [0.25, 0.3) is 0 Å². The molecule has 2 atom stereocenters. The van der Waals surface area contributed by atoms with Crippen LogP contribution in [0.4, 0.5) is 0 Å². The lowest BCUT2D eigenvalue weighted by atomic mass is 9.73. The molecule has 0 radical (unpaired) electrons. The molecule has 0 heterocycles. The lowest BCUT2D eigenvalue weighted by molar-refractivity contribution is -0.147. The van der Waals surface area contributed by atoms with Crippen molar-refractivity contribution in [2.75, 3.05) is 28.4 Å². The molecule has 55 heavy (non-hydrogen) atoms. The average Bonchev–Trinajstić information content (AvgIpc) is 3.73. The minimum atomic E-state index is -1.71. The standard InChI is InChI=1S/C45H56N2O8/c1-29(2)39(44(50,31-11-19-35(52-5)20-12-31)32-13-21-36(53-6)22-14-32)46-41(48)43(27-9-10-28-43)42(49)47-40(30(3)4)45(51,33-15-23-37(54-7)24-16-33)34-17-25-38(55-8)26-18-34/h11-26,29-30,39-40,50-51H,9-10,27-28H2,1-8H3,(H,46,48)(H,47,49)/t39-,40-/m1/s1. The first-order valence-corrected chi connectivity index (χ1v) is 18.9. The van der Waals surface area contributed by atoms with Crippen LogP contribution >= 0.6 is 0 Å². The Labute approximate surface area is 325 Å². The number of hydrogen-bond donors (Lipinski definition) is 4. The van der Waals surface area contributed by atoms with Gasteiger partial charge in [0.05, 0.1) is 40.5 Å². The molecule has 0 aromatic heterocycles. The van der Waals surface area contributed by atoms with Crippen LogP contribution in [0.3, 0.4) is 0 Å². The molecule has 10 heteroatoms. The van der Waals surface area contributed by atoms with Gasteiger partial charge in [-0.15, -0.1) is 0 Å². The van der Waals surface area contributed by atoms with Crippen LogP contribution in [0.1, 0.15) is 75.6 Å². The van der Waals surface area contributed by atoms with E-state index in [-0.39, 0.29) is 11.8 Å². The second kappa shape index (κ2) is 17.2. The minimum absolute atomic E-state index is 0.279. The fourth-order valence-corrected chi connectivity index (χ4v) is 8.03. The monoisotopic (exact) mass is 752 g/mol. The van der Waals surface area contributed by atoms with E-state index in [9.17, 15) is 19.8 Å². The number of ether oxygens (including phenoxy) is 4. The Morgan fingerprint density at radius 1 is 0.509 bits per heavy atom. The van der Waals surface area contributed by atoms with Crippen LogP contribution < -0.4 is 29.6 Å². The molecular formula is C45H56N2O8. The number of carbonyl (C=O) groups is 2. The van der Waals surface area contributed by atoms with Gasteiger partial charge in [0.1, 0.15) is 39.6 Å². The van der Waals surface area contributed by atoms with Crippen molar-refractivity contribution in [3.05, 3.63) is 119 Å². The van der Waals surface area contributed by atoms with Crippen molar-refractivity contribution in [2.45, 2.75) is 76.7 Å². The third-order valence-electron chi connectivity index (χ3n) is 11.3. The highest BCUT2D eigenvalue weighted by Crippen LogP contribution is 2.44. The molecule has 294 valence electrons. The van der Waals surface area contributed by atoms with Gasteiger partial charge in [-0.05, 0) is 95.5 Å². The second-order valence-corrected chi connectivity index (χ2v) is 15.1. The highest BCUT2D eigenvalue weighted by Gasteiger charge is 2.53. The molecule has 0 unspecified atom stereocenters. The number of benzene rings is 4. The highest BCUT2D eigenvalue weighted by molar-refractivity contribution is 6.05. The molecule has 0 spiro atoms. The Balaban J connectivity index is 1.55. The smallest absolute Gasteiger partial charge is 0.236 e. The van der Waals surface area contributed by atoms with Crippen LogP contribution in [-0.4, -0.2) is 62.6 Å². The normalized spacial score (nSPS) is 15.3. The predicted octanol–water partition coefficient (Wildman–Crippen LogP) is 6.74. The van der Waals surface area contributed by atoms with Crippen molar-refractivity contribution in [3.63, 3.8) is 0 Å². The molecule has 1 fully saturated rings.